The average Bonchev–Trinajstić information content (AvgIpc) is 3.07. The highest BCUT2D eigenvalue weighted by atomic mass is 14.1. The van der Waals surface area contributed by atoms with E-state index >= 15 is 0 Å². The first-order valence-corrected chi connectivity index (χ1v) is 15.3. The summed E-state index contributed by atoms with van der Waals surface area (Å²) < 4.78 is 0. The third-order valence-electron chi connectivity index (χ3n) is 8.83. The Hall–Kier alpha value is -4.68. The van der Waals surface area contributed by atoms with Crippen LogP contribution >= 0.6 is 0 Å². The van der Waals surface area contributed by atoms with Gasteiger partial charge in [-0.25, -0.2) is 0 Å². The maximum atomic E-state index is 2.29. The van der Waals surface area contributed by atoms with Gasteiger partial charge in [-0.2, -0.15) is 0 Å². The standard InChI is InChI=1S/C42H36/c1-2-32-9-21-38(22-10-32)40-25-13-34(14-26-40)5-6-36-17-29-42(30-18-36)41-27-15-35(16-28-41)4-3-33-11-23-39(24-12-33)37-19-7-31(1)8-20-37/h7-30H,1-6H2. The smallest absolute Gasteiger partial charge is 0.0184 e. The predicted molar refractivity (Wildman–Crippen MR) is 178 cm³/mol. The number of rotatable bonds is 0. The average molecular weight is 541 g/mol. The Morgan fingerprint density at radius 1 is 0.167 bits per heavy atom. The molecule has 0 unspecified atom stereocenters. The van der Waals surface area contributed by atoms with Crippen molar-refractivity contribution in [3.63, 3.8) is 0 Å². The molecule has 0 nitrogen and oxygen atoms in total. The highest BCUT2D eigenvalue weighted by molar-refractivity contribution is 5.66. The summed E-state index contributed by atoms with van der Waals surface area (Å²) in [6.45, 7) is 0. The molecule has 0 N–H and O–H groups in total. The summed E-state index contributed by atoms with van der Waals surface area (Å²) in [6, 6.07) is 54.7. The van der Waals surface area contributed by atoms with Crippen molar-refractivity contribution in [2.75, 3.05) is 0 Å². The zero-order chi connectivity index (χ0) is 28.1. The van der Waals surface area contributed by atoms with E-state index in [1.165, 1.54) is 66.8 Å². The summed E-state index contributed by atoms with van der Waals surface area (Å²) in [5, 5.41) is 0. The number of benzene rings is 6. The van der Waals surface area contributed by atoms with Gasteiger partial charge in [0.05, 0.1) is 0 Å². The largest absolute Gasteiger partial charge is 0.0584 e. The fourth-order valence-electron chi connectivity index (χ4n) is 6.05. The van der Waals surface area contributed by atoms with Crippen molar-refractivity contribution in [1.82, 2.24) is 0 Å². The van der Waals surface area contributed by atoms with Crippen LogP contribution in [0.3, 0.4) is 0 Å². The van der Waals surface area contributed by atoms with E-state index in [9.17, 15) is 0 Å². The maximum absolute atomic E-state index is 2.29. The topological polar surface area (TPSA) is 0 Å². The van der Waals surface area contributed by atoms with E-state index in [4.69, 9.17) is 0 Å². The summed E-state index contributed by atoms with van der Waals surface area (Å²) in [5.41, 5.74) is 16.0. The lowest BCUT2D eigenvalue weighted by atomic mass is 9.96. The van der Waals surface area contributed by atoms with Gasteiger partial charge in [-0.1, -0.05) is 146 Å². The van der Waals surface area contributed by atoms with Gasteiger partial charge >= 0.3 is 0 Å². The molecular weight excluding hydrogens is 504 g/mol. The van der Waals surface area contributed by atoms with Gasteiger partial charge in [-0.3, -0.25) is 0 Å². The van der Waals surface area contributed by atoms with Crippen molar-refractivity contribution < 1.29 is 0 Å². The molecule has 0 radical (unpaired) electrons. The molecule has 0 aromatic heterocycles. The van der Waals surface area contributed by atoms with Crippen LogP contribution in [0, 0.1) is 0 Å². The molecule has 0 spiro atoms. The molecule has 6 aromatic rings. The van der Waals surface area contributed by atoms with Gasteiger partial charge < -0.3 is 0 Å². The highest BCUT2D eigenvalue weighted by Crippen LogP contribution is 2.25. The second-order valence-electron chi connectivity index (χ2n) is 11.7. The summed E-state index contributed by atoms with van der Waals surface area (Å²) in [6.07, 6.45) is 6.32. The molecule has 20 rings (SSSR count). The Morgan fingerprint density at radius 3 is 0.405 bits per heavy atom. The van der Waals surface area contributed by atoms with Gasteiger partial charge in [0.2, 0.25) is 0 Å². The van der Waals surface area contributed by atoms with Gasteiger partial charge in [0.1, 0.15) is 0 Å². The van der Waals surface area contributed by atoms with Crippen molar-refractivity contribution in [1.29, 1.82) is 0 Å². The van der Waals surface area contributed by atoms with Gasteiger partial charge in [0, 0.05) is 0 Å². The summed E-state index contributed by atoms with van der Waals surface area (Å²) in [7, 11) is 0. The second kappa shape index (κ2) is 12.0. The molecule has 6 aromatic carbocycles. The Kier molecular flexibility index (Phi) is 7.53. The van der Waals surface area contributed by atoms with Crippen LogP contribution in [0.4, 0.5) is 0 Å². The van der Waals surface area contributed by atoms with Gasteiger partial charge in [0.15, 0.2) is 0 Å². The Balaban J connectivity index is 1.14. The first-order chi connectivity index (χ1) is 20.7. The third kappa shape index (κ3) is 6.14. The monoisotopic (exact) mass is 540 g/mol. The normalized spacial score (nSPS) is 13.1. The van der Waals surface area contributed by atoms with Crippen LogP contribution in [0.1, 0.15) is 33.4 Å². The zero-order valence-corrected chi connectivity index (χ0v) is 24.1. The van der Waals surface area contributed by atoms with E-state index < -0.39 is 0 Å². The SMILES string of the molecule is c1cc2ccc1CCc1ccc(cc1)-c1ccc(cc1)CCc1ccc(cc1)-c1ccc(cc1)CCc1ccc-2cc1. The fraction of sp³-hybridized carbons (Fsp3) is 0.143. The minimum Gasteiger partial charge on any atom is -0.0584 e. The van der Waals surface area contributed by atoms with Gasteiger partial charge in [-0.05, 0) is 105 Å². The lowest BCUT2D eigenvalue weighted by Crippen LogP contribution is -1.93. The molecule has 42 heavy (non-hydrogen) atoms. The molecule has 0 heteroatoms. The second-order valence-corrected chi connectivity index (χ2v) is 11.7. The minimum atomic E-state index is 1.05. The van der Waals surface area contributed by atoms with Crippen LogP contribution in [0.5, 0.6) is 0 Å². The summed E-state index contributed by atoms with van der Waals surface area (Å²) in [5.74, 6) is 0. The molecule has 0 aliphatic heterocycles. The van der Waals surface area contributed by atoms with E-state index in [-0.39, 0.29) is 0 Å². The van der Waals surface area contributed by atoms with E-state index in [1.54, 1.807) is 0 Å². The summed E-state index contributed by atoms with van der Waals surface area (Å²) >= 11 is 0. The van der Waals surface area contributed by atoms with Crippen LogP contribution < -0.4 is 0 Å². The predicted octanol–water partition coefficient (Wildman–Crippen LogP) is 10.4. The Morgan fingerprint density at radius 2 is 0.286 bits per heavy atom. The summed E-state index contributed by atoms with van der Waals surface area (Å²) in [4.78, 5) is 0. The molecular formula is C42H36. The number of aryl methyl sites for hydroxylation is 6. The molecule has 0 atom stereocenters. The van der Waals surface area contributed by atoms with Crippen molar-refractivity contribution >= 4 is 0 Å². The molecule has 0 fully saturated rings. The molecule has 0 amide bonds. The van der Waals surface area contributed by atoms with Crippen LogP contribution in [0.2, 0.25) is 0 Å². The first-order valence-electron chi connectivity index (χ1n) is 15.3. The quantitative estimate of drug-likeness (QED) is 0.180. The van der Waals surface area contributed by atoms with Gasteiger partial charge in [-0.15, -0.1) is 0 Å². The van der Waals surface area contributed by atoms with Crippen LogP contribution in [0.15, 0.2) is 146 Å². The lowest BCUT2D eigenvalue weighted by molar-refractivity contribution is 0.958. The third-order valence-corrected chi connectivity index (χ3v) is 8.83. The Labute approximate surface area is 250 Å². The van der Waals surface area contributed by atoms with Crippen molar-refractivity contribution in [2.24, 2.45) is 0 Å². The van der Waals surface area contributed by atoms with E-state index in [2.05, 4.69) is 146 Å². The van der Waals surface area contributed by atoms with Crippen molar-refractivity contribution in [3.05, 3.63) is 179 Å². The molecule has 0 saturated heterocycles. The van der Waals surface area contributed by atoms with Crippen LogP contribution in [-0.4, -0.2) is 0 Å². The van der Waals surface area contributed by atoms with E-state index in [0.29, 0.717) is 0 Å². The lowest BCUT2D eigenvalue weighted by Gasteiger charge is -2.09. The van der Waals surface area contributed by atoms with E-state index in [1.807, 2.05) is 0 Å². The van der Waals surface area contributed by atoms with Crippen molar-refractivity contribution in [3.8, 4) is 33.4 Å². The highest BCUT2D eigenvalue weighted by Gasteiger charge is 2.05. The maximum Gasteiger partial charge on any atom is -0.0184 e. The Bertz CT molecular complexity index is 1380. The molecule has 12 bridgehead atoms. The molecule has 0 heterocycles. The van der Waals surface area contributed by atoms with Crippen molar-refractivity contribution in [2.45, 2.75) is 38.5 Å². The zero-order valence-electron chi connectivity index (χ0n) is 24.1. The first kappa shape index (κ1) is 26.2. The minimum absolute atomic E-state index is 1.05. The molecule has 204 valence electrons. The van der Waals surface area contributed by atoms with E-state index in [0.717, 1.165) is 38.5 Å². The number of hydrogen-bond acceptors (Lipinski definition) is 0. The molecule has 14 aliphatic carbocycles. The molecule has 0 saturated carbocycles. The fourth-order valence-corrected chi connectivity index (χ4v) is 6.05. The van der Waals surface area contributed by atoms with Gasteiger partial charge in [0.25, 0.3) is 0 Å². The molecule has 14 aliphatic rings. The van der Waals surface area contributed by atoms with Crippen LogP contribution in [-0.2, 0) is 38.5 Å². The number of hydrogen-bond donors (Lipinski definition) is 0. The van der Waals surface area contributed by atoms with Crippen LogP contribution in [0.25, 0.3) is 33.4 Å².